The van der Waals surface area contributed by atoms with Crippen LogP contribution >= 0.6 is 23.2 Å². The van der Waals surface area contributed by atoms with Crippen molar-refractivity contribution in [1.29, 1.82) is 0 Å². The van der Waals surface area contributed by atoms with Crippen LogP contribution in [0.4, 0.5) is 0 Å². The monoisotopic (exact) mass is 371 g/mol. The molecule has 0 aromatic heterocycles. The number of methoxy groups -OCH3 is 1. The van der Waals surface area contributed by atoms with E-state index in [-0.39, 0.29) is 11.3 Å². The standard InChI is InChI=1S/C13H17Cl2NO5S/c1-9-4-6-10(7-5-9)22(18,19)21-16(2)11(8-12(14)15)13(17)20-3/h4-7,11-12H,8H2,1-3H3/i8+1,13+1. The van der Waals surface area contributed by atoms with Crippen LogP contribution in [0, 0.1) is 6.92 Å². The van der Waals surface area contributed by atoms with Crippen LogP contribution in [0.1, 0.15) is 12.0 Å². The third-order valence-corrected chi connectivity index (χ3v) is 4.48. The van der Waals surface area contributed by atoms with Gasteiger partial charge in [0, 0.05) is 13.5 Å². The molecule has 1 unspecified atom stereocenters. The van der Waals surface area contributed by atoms with Gasteiger partial charge < -0.3 is 4.74 Å². The van der Waals surface area contributed by atoms with Gasteiger partial charge in [-0.25, -0.2) is 0 Å². The van der Waals surface area contributed by atoms with Crippen molar-refractivity contribution in [2.45, 2.75) is 29.1 Å². The number of hydrogen-bond donors (Lipinski definition) is 0. The van der Waals surface area contributed by atoms with Gasteiger partial charge in [-0.15, -0.1) is 23.2 Å². The Morgan fingerprint density at radius 1 is 1.27 bits per heavy atom. The van der Waals surface area contributed by atoms with Gasteiger partial charge in [-0.1, -0.05) is 17.7 Å². The molecule has 124 valence electrons. The lowest BCUT2D eigenvalue weighted by molar-refractivity contribution is -0.159. The normalized spacial score (nSPS) is 13.4. The maximum Gasteiger partial charge on any atom is 0.325 e. The Morgan fingerprint density at radius 2 is 1.82 bits per heavy atom. The molecule has 1 rings (SSSR count). The number of alkyl halides is 2. The molecule has 0 N–H and O–H groups in total. The number of nitrogens with zero attached hydrogens (tertiary/aromatic N) is 1. The Kier molecular flexibility index (Phi) is 7.08. The summed E-state index contributed by atoms with van der Waals surface area (Å²) >= 11 is 11.3. The van der Waals surface area contributed by atoms with Crippen molar-refractivity contribution in [2.24, 2.45) is 0 Å². The van der Waals surface area contributed by atoms with Crippen molar-refractivity contribution in [3.63, 3.8) is 0 Å². The number of hydroxylamine groups is 2. The number of halogens is 2. The molecule has 0 saturated carbocycles. The molecule has 0 amide bonds. The van der Waals surface area contributed by atoms with Crippen molar-refractivity contribution in [1.82, 2.24) is 5.06 Å². The van der Waals surface area contributed by atoms with Crippen LogP contribution in [-0.4, -0.2) is 44.5 Å². The number of esters is 1. The van der Waals surface area contributed by atoms with Crippen LogP contribution in [0.15, 0.2) is 29.2 Å². The Hall–Kier alpha value is -0.860. The molecule has 0 aliphatic rings. The lowest BCUT2D eigenvalue weighted by atomic mass is 10.2. The maximum absolute atomic E-state index is 12.2. The van der Waals surface area contributed by atoms with E-state index in [9.17, 15) is 13.2 Å². The predicted octanol–water partition coefficient (Wildman–Crippen LogP) is 2.28. The van der Waals surface area contributed by atoms with Gasteiger partial charge >= 0.3 is 16.1 Å². The number of carbonyl (C=O) groups excluding carboxylic acids is 1. The number of rotatable bonds is 7. The second-order valence-corrected chi connectivity index (χ2v) is 7.36. The first kappa shape index (κ1) is 19.2. The number of hydrogen-bond acceptors (Lipinski definition) is 6. The van der Waals surface area contributed by atoms with Crippen LogP contribution in [0.25, 0.3) is 0 Å². The van der Waals surface area contributed by atoms with Crippen LogP contribution in [-0.2, 0) is 23.9 Å². The average molecular weight is 372 g/mol. The molecule has 0 fully saturated rings. The van der Waals surface area contributed by atoms with Crippen LogP contribution in [0.2, 0.25) is 0 Å². The van der Waals surface area contributed by atoms with E-state index in [1.807, 2.05) is 6.92 Å². The van der Waals surface area contributed by atoms with Gasteiger partial charge in [0.15, 0.2) is 0 Å². The molecule has 0 spiro atoms. The molecule has 6 nitrogen and oxygen atoms in total. The Morgan fingerprint density at radius 3 is 2.27 bits per heavy atom. The molecule has 0 aliphatic heterocycles. The first-order valence-electron chi connectivity index (χ1n) is 6.27. The second kappa shape index (κ2) is 8.12. The van der Waals surface area contributed by atoms with Gasteiger partial charge in [0.05, 0.1) is 12.0 Å². The van der Waals surface area contributed by atoms with Gasteiger partial charge in [0.2, 0.25) is 0 Å². The SMILES string of the molecule is CO[13C](=O)C([13CH2]C(Cl)Cl)N(C)OS(=O)(=O)c1ccc(C)cc1. The quantitative estimate of drug-likeness (QED) is 0.317. The summed E-state index contributed by atoms with van der Waals surface area (Å²) < 4.78 is 33.9. The van der Waals surface area contributed by atoms with E-state index in [4.69, 9.17) is 27.5 Å². The number of aryl methyl sites for hydroxylation is 1. The summed E-state index contributed by atoms with van der Waals surface area (Å²) in [5.74, 6) is -0.701. The fourth-order valence-electron chi connectivity index (χ4n) is 1.65. The maximum atomic E-state index is 12.2. The number of benzene rings is 1. The number of likely N-dealkylation sites (N-methyl/N-ethyl adjacent to an activating group) is 1. The van der Waals surface area contributed by atoms with Crippen LogP contribution in [0.5, 0.6) is 0 Å². The topological polar surface area (TPSA) is 72.9 Å². The molecular formula is C13H17Cl2NO5S. The lowest BCUT2D eigenvalue weighted by Gasteiger charge is -2.24. The van der Waals surface area contributed by atoms with E-state index >= 15 is 0 Å². The zero-order chi connectivity index (χ0) is 16.9. The highest BCUT2D eigenvalue weighted by atomic mass is 35.5. The molecule has 0 bridgehead atoms. The summed E-state index contributed by atoms with van der Waals surface area (Å²) in [4.78, 5) is 10.8. The van der Waals surface area contributed by atoms with E-state index in [1.54, 1.807) is 12.1 Å². The Balaban J connectivity index is 2.93. The lowest BCUT2D eigenvalue weighted by Crippen LogP contribution is -2.41. The van der Waals surface area contributed by atoms with Crippen molar-refractivity contribution in [3.05, 3.63) is 29.8 Å². The first-order valence-corrected chi connectivity index (χ1v) is 8.55. The highest BCUT2D eigenvalue weighted by Crippen LogP contribution is 2.19. The van der Waals surface area contributed by atoms with E-state index < -0.39 is 27.0 Å². The molecule has 1 aromatic rings. The van der Waals surface area contributed by atoms with E-state index in [1.165, 1.54) is 26.3 Å². The molecule has 0 radical (unpaired) electrons. The van der Waals surface area contributed by atoms with Crippen molar-refractivity contribution >= 4 is 39.3 Å². The highest BCUT2D eigenvalue weighted by molar-refractivity contribution is 7.86. The van der Waals surface area contributed by atoms with E-state index in [0.29, 0.717) is 0 Å². The van der Waals surface area contributed by atoms with Gasteiger partial charge in [0.25, 0.3) is 0 Å². The minimum Gasteiger partial charge on any atom is -0.468 e. The summed E-state index contributed by atoms with van der Waals surface area (Å²) in [6, 6.07) is 5.06. The number of carbonyl (C=O) groups is 1. The molecule has 0 heterocycles. The zero-order valence-corrected chi connectivity index (χ0v) is 14.7. The minimum atomic E-state index is -4.07. The third kappa shape index (κ3) is 5.40. The third-order valence-electron chi connectivity index (χ3n) is 2.84. The van der Waals surface area contributed by atoms with Crippen LogP contribution in [0.3, 0.4) is 0 Å². The molecular weight excluding hydrogens is 355 g/mol. The first-order chi connectivity index (χ1) is 10.2. The molecule has 1 atom stereocenters. The molecule has 0 saturated heterocycles. The molecule has 0 aliphatic carbocycles. The Bertz CT molecular complexity index is 603. The summed E-state index contributed by atoms with van der Waals surface area (Å²) in [6.45, 7) is 1.83. The fraction of sp³-hybridized carbons (Fsp3) is 0.462. The highest BCUT2D eigenvalue weighted by Gasteiger charge is 2.31. The molecule has 1 aromatic carbocycles. The largest absolute Gasteiger partial charge is 0.468 e. The van der Waals surface area contributed by atoms with Gasteiger partial charge in [0.1, 0.15) is 10.9 Å². The predicted molar refractivity (Wildman–Crippen MR) is 83.1 cm³/mol. The van der Waals surface area contributed by atoms with Crippen molar-refractivity contribution in [2.75, 3.05) is 14.2 Å². The van der Waals surface area contributed by atoms with Crippen molar-refractivity contribution in [3.8, 4) is 0 Å². The molecule has 22 heavy (non-hydrogen) atoms. The average Bonchev–Trinajstić information content (AvgIpc) is 2.43. The summed E-state index contributed by atoms with van der Waals surface area (Å²) in [5, 5.41) is 0.874. The summed E-state index contributed by atoms with van der Waals surface area (Å²) in [7, 11) is -1.60. The van der Waals surface area contributed by atoms with E-state index in [2.05, 4.69) is 4.74 Å². The van der Waals surface area contributed by atoms with Crippen molar-refractivity contribution < 1.29 is 22.2 Å². The second-order valence-electron chi connectivity index (χ2n) is 4.55. The van der Waals surface area contributed by atoms with Crippen LogP contribution < -0.4 is 0 Å². The van der Waals surface area contributed by atoms with E-state index in [0.717, 1.165) is 10.6 Å². The minimum absolute atomic E-state index is 0.0261. The fourth-order valence-corrected chi connectivity index (χ4v) is 2.96. The van der Waals surface area contributed by atoms with Gasteiger partial charge in [-0.05, 0) is 19.1 Å². The van der Waals surface area contributed by atoms with Gasteiger partial charge in [-0.3, -0.25) is 4.79 Å². The summed E-state index contributed by atoms with van der Waals surface area (Å²) in [6.07, 6.45) is -0.0459. The summed E-state index contributed by atoms with van der Waals surface area (Å²) in [5.41, 5.74) is 0.909. The number of ether oxygens (including phenoxy) is 1. The van der Waals surface area contributed by atoms with Gasteiger partial charge in [-0.2, -0.15) is 17.8 Å². The zero-order valence-electron chi connectivity index (χ0n) is 12.3. The smallest absolute Gasteiger partial charge is 0.325 e. The molecule has 9 heteroatoms. The Labute approximate surface area is 140 Å².